The van der Waals surface area contributed by atoms with Gasteiger partial charge in [-0.25, -0.2) is 0 Å². The molecule has 25 heavy (non-hydrogen) atoms. The maximum atomic E-state index is 11.1. The zero-order valence-corrected chi connectivity index (χ0v) is 15.2. The Kier molecular flexibility index (Phi) is 4.59. The number of hydrogen-bond donors (Lipinski definition) is 1. The number of rotatable bonds is 7. The van der Waals surface area contributed by atoms with Crippen molar-refractivity contribution < 1.29 is 4.79 Å². The van der Waals surface area contributed by atoms with Crippen LogP contribution in [0.4, 0.5) is 0 Å². The van der Waals surface area contributed by atoms with E-state index < -0.39 is 5.91 Å². The molecule has 0 bridgehead atoms. The van der Waals surface area contributed by atoms with Crippen molar-refractivity contribution in [3.05, 3.63) is 63.6 Å². The van der Waals surface area contributed by atoms with Crippen molar-refractivity contribution in [2.24, 2.45) is 5.73 Å². The summed E-state index contributed by atoms with van der Waals surface area (Å²) in [4.78, 5) is 12.5. The minimum absolute atomic E-state index is 0.397. The standard InChI is InChI=1S/C18H18N4OS2/c19-17(23)13-5-3-12(4-6-13)11-25-18-21-20-16(22(18)14-7-8-14)10-15-2-1-9-24-15/h1-6,9,14H,7-8,10-11H2,(H2,19,23). The van der Waals surface area contributed by atoms with Gasteiger partial charge in [0.05, 0.1) is 0 Å². The Morgan fingerprint density at radius 2 is 2.04 bits per heavy atom. The molecule has 2 aromatic heterocycles. The molecule has 0 atom stereocenters. The number of benzene rings is 1. The van der Waals surface area contributed by atoms with E-state index >= 15 is 0 Å². The average Bonchev–Trinajstić information content (AvgIpc) is 3.17. The second-order valence-electron chi connectivity index (χ2n) is 6.11. The second-order valence-corrected chi connectivity index (χ2v) is 8.08. The van der Waals surface area contributed by atoms with Gasteiger partial charge in [-0.05, 0) is 42.0 Å². The molecule has 1 saturated carbocycles. The lowest BCUT2D eigenvalue weighted by Gasteiger charge is -2.08. The number of hydrogen-bond acceptors (Lipinski definition) is 5. The van der Waals surface area contributed by atoms with Gasteiger partial charge in [-0.3, -0.25) is 4.79 Å². The molecule has 1 amide bonds. The van der Waals surface area contributed by atoms with Crippen molar-refractivity contribution in [1.29, 1.82) is 0 Å². The van der Waals surface area contributed by atoms with Crippen molar-refractivity contribution in [3.8, 4) is 0 Å². The van der Waals surface area contributed by atoms with E-state index in [1.807, 2.05) is 12.1 Å². The predicted octanol–water partition coefficient (Wildman–Crippen LogP) is 3.66. The summed E-state index contributed by atoms with van der Waals surface area (Å²) in [5, 5.41) is 11.9. The quantitative estimate of drug-likeness (QED) is 0.644. The molecule has 7 heteroatoms. The van der Waals surface area contributed by atoms with Crippen LogP contribution in [0.3, 0.4) is 0 Å². The lowest BCUT2D eigenvalue weighted by Crippen LogP contribution is -2.10. The highest BCUT2D eigenvalue weighted by Gasteiger charge is 2.29. The number of amides is 1. The maximum Gasteiger partial charge on any atom is 0.248 e. The first kappa shape index (κ1) is 16.4. The Balaban J connectivity index is 1.48. The van der Waals surface area contributed by atoms with Crippen LogP contribution in [-0.4, -0.2) is 20.7 Å². The first-order valence-electron chi connectivity index (χ1n) is 8.18. The van der Waals surface area contributed by atoms with E-state index in [-0.39, 0.29) is 0 Å². The van der Waals surface area contributed by atoms with Crippen molar-refractivity contribution in [1.82, 2.24) is 14.8 Å². The van der Waals surface area contributed by atoms with Gasteiger partial charge >= 0.3 is 0 Å². The summed E-state index contributed by atoms with van der Waals surface area (Å²) in [5.41, 5.74) is 6.96. The van der Waals surface area contributed by atoms with Gasteiger partial charge in [-0.2, -0.15) is 0 Å². The summed E-state index contributed by atoms with van der Waals surface area (Å²) in [5.74, 6) is 1.45. The Labute approximate surface area is 154 Å². The third-order valence-electron chi connectivity index (χ3n) is 4.17. The molecule has 0 spiro atoms. The van der Waals surface area contributed by atoms with E-state index in [4.69, 9.17) is 5.73 Å². The van der Waals surface area contributed by atoms with Crippen LogP contribution < -0.4 is 5.73 Å². The van der Waals surface area contributed by atoms with Crippen LogP contribution >= 0.6 is 23.1 Å². The summed E-state index contributed by atoms with van der Waals surface area (Å²) in [6.07, 6.45) is 3.25. The van der Waals surface area contributed by atoms with Crippen LogP contribution in [0, 0.1) is 0 Å². The van der Waals surface area contributed by atoms with Gasteiger partial charge in [0.15, 0.2) is 5.16 Å². The Hall–Kier alpha value is -2.12. The average molecular weight is 371 g/mol. The topological polar surface area (TPSA) is 73.8 Å². The molecule has 2 heterocycles. The first-order valence-corrected chi connectivity index (χ1v) is 10.0. The summed E-state index contributed by atoms with van der Waals surface area (Å²) in [6, 6.07) is 12.2. The number of thioether (sulfide) groups is 1. The molecule has 4 rings (SSSR count). The lowest BCUT2D eigenvalue weighted by molar-refractivity contribution is 0.100. The summed E-state index contributed by atoms with van der Waals surface area (Å²) in [7, 11) is 0. The number of thiophene rings is 1. The molecule has 5 nitrogen and oxygen atoms in total. The van der Waals surface area contributed by atoms with Gasteiger partial charge in [-0.1, -0.05) is 30.0 Å². The van der Waals surface area contributed by atoms with Crippen LogP contribution in [0.2, 0.25) is 0 Å². The van der Waals surface area contributed by atoms with Crippen LogP contribution in [0.5, 0.6) is 0 Å². The van der Waals surface area contributed by atoms with Gasteiger partial charge in [0.2, 0.25) is 5.91 Å². The van der Waals surface area contributed by atoms with E-state index in [1.165, 1.54) is 17.7 Å². The highest BCUT2D eigenvalue weighted by molar-refractivity contribution is 7.98. The van der Waals surface area contributed by atoms with Gasteiger partial charge < -0.3 is 10.3 Å². The third kappa shape index (κ3) is 3.77. The molecule has 3 aromatic rings. The summed E-state index contributed by atoms with van der Waals surface area (Å²) in [6.45, 7) is 0. The Bertz CT molecular complexity index is 867. The second kappa shape index (κ2) is 7.01. The SMILES string of the molecule is NC(=O)c1ccc(CSc2nnc(Cc3cccs3)n2C2CC2)cc1. The van der Waals surface area contributed by atoms with Crippen molar-refractivity contribution in [3.63, 3.8) is 0 Å². The number of nitrogens with zero attached hydrogens (tertiary/aromatic N) is 3. The van der Waals surface area contributed by atoms with Crippen LogP contribution in [0.1, 0.15) is 45.5 Å². The fraction of sp³-hybridized carbons (Fsp3) is 0.278. The number of aromatic nitrogens is 3. The highest BCUT2D eigenvalue weighted by atomic mass is 32.2. The van der Waals surface area contributed by atoms with E-state index in [9.17, 15) is 4.79 Å². The van der Waals surface area contributed by atoms with Crippen molar-refractivity contribution >= 4 is 29.0 Å². The highest BCUT2D eigenvalue weighted by Crippen LogP contribution is 2.39. The molecule has 0 radical (unpaired) electrons. The largest absolute Gasteiger partial charge is 0.366 e. The van der Waals surface area contributed by atoms with E-state index in [0.29, 0.717) is 11.6 Å². The third-order valence-corrected chi connectivity index (χ3v) is 6.06. The van der Waals surface area contributed by atoms with E-state index in [0.717, 1.165) is 28.7 Å². The molecule has 128 valence electrons. The maximum absolute atomic E-state index is 11.1. The summed E-state index contributed by atoms with van der Waals surface area (Å²) >= 11 is 3.45. The van der Waals surface area contributed by atoms with Crippen molar-refractivity contribution in [2.45, 2.75) is 36.2 Å². The van der Waals surface area contributed by atoms with Gasteiger partial charge in [0.25, 0.3) is 0 Å². The predicted molar refractivity (Wildman–Crippen MR) is 99.9 cm³/mol. The van der Waals surface area contributed by atoms with Crippen LogP contribution in [0.25, 0.3) is 0 Å². The number of carbonyl (C=O) groups excluding carboxylic acids is 1. The Morgan fingerprint density at radius 1 is 1.24 bits per heavy atom. The number of primary amides is 1. The smallest absolute Gasteiger partial charge is 0.248 e. The molecule has 1 aliphatic rings. The molecule has 1 fully saturated rings. The van der Waals surface area contributed by atoms with Crippen molar-refractivity contribution in [2.75, 3.05) is 0 Å². The summed E-state index contributed by atoms with van der Waals surface area (Å²) < 4.78 is 2.31. The van der Waals surface area contributed by atoms with Crippen LogP contribution in [-0.2, 0) is 12.2 Å². The van der Waals surface area contributed by atoms with E-state index in [2.05, 4.69) is 32.3 Å². The molecule has 0 saturated heterocycles. The monoisotopic (exact) mass is 370 g/mol. The van der Waals surface area contributed by atoms with Crippen LogP contribution in [0.15, 0.2) is 46.9 Å². The number of nitrogens with two attached hydrogens (primary N) is 1. The minimum Gasteiger partial charge on any atom is -0.366 e. The molecular formula is C18H18N4OS2. The molecule has 0 aliphatic heterocycles. The first-order chi connectivity index (χ1) is 12.2. The zero-order chi connectivity index (χ0) is 17.2. The molecule has 1 aromatic carbocycles. The molecule has 0 unspecified atom stereocenters. The minimum atomic E-state index is -0.397. The van der Waals surface area contributed by atoms with Gasteiger partial charge in [0, 0.05) is 28.7 Å². The molecule has 2 N–H and O–H groups in total. The lowest BCUT2D eigenvalue weighted by atomic mass is 10.1. The van der Waals surface area contributed by atoms with Gasteiger partial charge in [-0.15, -0.1) is 21.5 Å². The van der Waals surface area contributed by atoms with E-state index in [1.54, 1.807) is 35.2 Å². The Morgan fingerprint density at radius 3 is 2.68 bits per heavy atom. The molecular weight excluding hydrogens is 352 g/mol. The normalized spacial score (nSPS) is 13.9. The number of carbonyl (C=O) groups is 1. The van der Waals surface area contributed by atoms with Gasteiger partial charge in [0.1, 0.15) is 5.82 Å². The zero-order valence-electron chi connectivity index (χ0n) is 13.6. The fourth-order valence-electron chi connectivity index (χ4n) is 2.71. The molecule has 1 aliphatic carbocycles. The fourth-order valence-corrected chi connectivity index (χ4v) is 4.39.